The number of nitro groups is 1. The number of hydrogen-bond acceptors (Lipinski definition) is 7. The molecular weight excluding hydrogens is 469 g/mol. The van der Waals surface area contributed by atoms with Crippen LogP contribution in [0.2, 0.25) is 5.02 Å². The molecule has 11 nitrogen and oxygen atoms in total. The normalized spacial score (nSPS) is 11.1. The van der Waals surface area contributed by atoms with E-state index in [1.807, 2.05) is 0 Å². The summed E-state index contributed by atoms with van der Waals surface area (Å²) in [6, 6.07) is 5.39. The van der Waals surface area contributed by atoms with Crippen molar-refractivity contribution in [2.75, 3.05) is 5.32 Å². The minimum atomic E-state index is -0.604. The van der Waals surface area contributed by atoms with Crippen molar-refractivity contribution in [2.45, 2.75) is 33.9 Å². The van der Waals surface area contributed by atoms with E-state index >= 15 is 0 Å². The average molecular weight is 488 g/mol. The highest BCUT2D eigenvalue weighted by atomic mass is 35.5. The maximum Gasteiger partial charge on any atom is 0.389 e. The van der Waals surface area contributed by atoms with Gasteiger partial charge in [-0.3, -0.25) is 9.48 Å². The van der Waals surface area contributed by atoms with E-state index in [0.717, 1.165) is 0 Å². The number of halogens is 2. The molecule has 0 aliphatic rings. The van der Waals surface area contributed by atoms with E-state index in [1.54, 1.807) is 31.5 Å². The van der Waals surface area contributed by atoms with Crippen molar-refractivity contribution in [1.29, 1.82) is 0 Å². The van der Waals surface area contributed by atoms with Crippen LogP contribution in [0, 0.1) is 36.7 Å². The molecule has 0 unspecified atom stereocenters. The number of benzene rings is 1. The van der Waals surface area contributed by atoms with E-state index in [1.165, 1.54) is 29.1 Å². The molecule has 0 atom stereocenters. The molecule has 0 spiro atoms. The van der Waals surface area contributed by atoms with Crippen LogP contribution in [0.3, 0.4) is 0 Å². The molecule has 13 heteroatoms. The Hall–Kier alpha value is -4.06. The van der Waals surface area contributed by atoms with Gasteiger partial charge in [0, 0.05) is 5.02 Å². The van der Waals surface area contributed by atoms with Gasteiger partial charge in [0.25, 0.3) is 5.91 Å². The van der Waals surface area contributed by atoms with Crippen LogP contribution in [0.5, 0.6) is 0 Å². The van der Waals surface area contributed by atoms with E-state index in [9.17, 15) is 19.3 Å². The first-order valence-electron chi connectivity index (χ1n) is 10.1. The zero-order valence-electron chi connectivity index (χ0n) is 18.4. The van der Waals surface area contributed by atoms with Crippen molar-refractivity contribution < 1.29 is 18.6 Å². The predicted molar refractivity (Wildman–Crippen MR) is 119 cm³/mol. The van der Waals surface area contributed by atoms with Crippen LogP contribution >= 0.6 is 11.6 Å². The lowest BCUT2D eigenvalue weighted by molar-refractivity contribution is -0.389. The lowest BCUT2D eigenvalue weighted by Crippen LogP contribution is -2.17. The Morgan fingerprint density at radius 3 is 2.68 bits per heavy atom. The zero-order valence-corrected chi connectivity index (χ0v) is 19.1. The van der Waals surface area contributed by atoms with Gasteiger partial charge in [-0.1, -0.05) is 22.8 Å². The topological polar surface area (TPSA) is 134 Å². The Morgan fingerprint density at radius 1 is 1.24 bits per heavy atom. The van der Waals surface area contributed by atoms with E-state index < -0.39 is 16.6 Å². The number of carbonyl (C=O) groups excluding carboxylic acids is 1. The molecule has 0 bridgehead atoms. The average Bonchev–Trinajstić information content (AvgIpc) is 3.46. The summed E-state index contributed by atoms with van der Waals surface area (Å²) in [4.78, 5) is 23.3. The summed E-state index contributed by atoms with van der Waals surface area (Å²) in [6.07, 6.45) is 1.44. The van der Waals surface area contributed by atoms with Crippen molar-refractivity contribution in [3.8, 4) is 0 Å². The molecule has 1 amide bonds. The summed E-state index contributed by atoms with van der Waals surface area (Å²) in [7, 11) is 0. The number of anilines is 1. The number of aromatic nitrogens is 5. The molecular formula is C21H19ClFN7O4. The minimum absolute atomic E-state index is 0.0313. The van der Waals surface area contributed by atoms with Crippen molar-refractivity contribution in [3.05, 3.63) is 85.4 Å². The molecule has 0 radical (unpaired) electrons. The summed E-state index contributed by atoms with van der Waals surface area (Å²) in [6.45, 7) is 5.51. The van der Waals surface area contributed by atoms with Gasteiger partial charge < -0.3 is 20.0 Å². The molecule has 0 fully saturated rings. The Labute approximate surface area is 197 Å². The van der Waals surface area contributed by atoms with Gasteiger partial charge in [0.05, 0.1) is 53.1 Å². The SMILES string of the molecule is Cc1nn(Cc2ccc(F)cc2Cl)c(C)c1NC(=O)c1noc(C)c1Cn1ccc([N+](=O)[O-])n1. The largest absolute Gasteiger partial charge is 0.389 e. The maximum atomic E-state index is 13.3. The second kappa shape index (κ2) is 9.06. The number of aryl methyl sites for hydroxylation is 2. The molecule has 34 heavy (non-hydrogen) atoms. The maximum absolute atomic E-state index is 13.3. The summed E-state index contributed by atoms with van der Waals surface area (Å²) in [5.41, 5.74) is 2.86. The number of rotatable bonds is 7. The molecule has 3 heterocycles. The van der Waals surface area contributed by atoms with E-state index in [4.69, 9.17) is 16.1 Å². The molecule has 0 aliphatic carbocycles. The third-order valence-electron chi connectivity index (χ3n) is 5.29. The lowest BCUT2D eigenvalue weighted by Gasteiger charge is -2.08. The third-order valence-corrected chi connectivity index (χ3v) is 5.64. The first-order valence-corrected chi connectivity index (χ1v) is 10.4. The van der Waals surface area contributed by atoms with Gasteiger partial charge in [-0.2, -0.15) is 9.78 Å². The summed E-state index contributed by atoms with van der Waals surface area (Å²) < 4.78 is 21.5. The van der Waals surface area contributed by atoms with E-state index in [0.29, 0.717) is 34.0 Å². The minimum Gasteiger partial charge on any atom is -0.361 e. The number of hydrogen-bond donors (Lipinski definition) is 1. The highest BCUT2D eigenvalue weighted by Gasteiger charge is 2.24. The second-order valence-corrected chi connectivity index (χ2v) is 8.00. The monoisotopic (exact) mass is 487 g/mol. The Kier molecular flexibility index (Phi) is 6.16. The third kappa shape index (κ3) is 4.53. The Balaban J connectivity index is 1.56. The van der Waals surface area contributed by atoms with Crippen LogP contribution in [0.4, 0.5) is 15.9 Å². The number of nitrogens with zero attached hydrogens (tertiary/aromatic N) is 6. The number of carbonyl (C=O) groups is 1. The van der Waals surface area contributed by atoms with E-state index in [-0.39, 0.29) is 29.6 Å². The Bertz CT molecular complexity index is 1410. The van der Waals surface area contributed by atoms with Gasteiger partial charge in [0.1, 0.15) is 11.6 Å². The molecule has 1 aromatic carbocycles. The lowest BCUT2D eigenvalue weighted by atomic mass is 10.1. The van der Waals surface area contributed by atoms with Crippen molar-refractivity contribution in [3.63, 3.8) is 0 Å². The summed E-state index contributed by atoms with van der Waals surface area (Å²) in [5, 5.41) is 26.2. The molecule has 0 saturated carbocycles. The van der Waals surface area contributed by atoms with Gasteiger partial charge >= 0.3 is 5.82 Å². The highest BCUT2D eigenvalue weighted by Crippen LogP contribution is 2.25. The number of nitrogens with one attached hydrogen (secondary N) is 1. The standard InChI is InChI=1S/C21H19ClFN7O4/c1-11-19(12(2)29(25-11)9-14-4-5-15(23)8-17(14)22)24-21(31)20-16(13(3)34-27-20)10-28-7-6-18(26-28)30(32)33/h4-8H,9-10H2,1-3H3,(H,24,31). The molecule has 1 N–H and O–H groups in total. The fourth-order valence-electron chi connectivity index (χ4n) is 3.47. The molecule has 4 rings (SSSR count). The molecule has 3 aromatic heterocycles. The smallest absolute Gasteiger partial charge is 0.361 e. The van der Waals surface area contributed by atoms with Gasteiger partial charge in [-0.25, -0.2) is 4.39 Å². The van der Waals surface area contributed by atoms with Crippen molar-refractivity contribution in [1.82, 2.24) is 24.7 Å². The van der Waals surface area contributed by atoms with Crippen LogP contribution in [-0.2, 0) is 13.1 Å². The van der Waals surface area contributed by atoms with Crippen molar-refractivity contribution >= 4 is 29.0 Å². The zero-order chi connectivity index (χ0) is 24.6. The molecule has 0 aliphatic heterocycles. The summed E-state index contributed by atoms with van der Waals surface area (Å²) >= 11 is 6.13. The first kappa shape index (κ1) is 23.1. The van der Waals surface area contributed by atoms with Crippen LogP contribution in [0.15, 0.2) is 35.0 Å². The van der Waals surface area contributed by atoms with Crippen LogP contribution < -0.4 is 5.32 Å². The van der Waals surface area contributed by atoms with Crippen LogP contribution in [0.1, 0.15) is 38.8 Å². The van der Waals surface area contributed by atoms with Gasteiger partial charge in [0.2, 0.25) is 0 Å². The highest BCUT2D eigenvalue weighted by molar-refractivity contribution is 6.31. The van der Waals surface area contributed by atoms with E-state index in [2.05, 4.69) is 20.7 Å². The Morgan fingerprint density at radius 2 is 2.00 bits per heavy atom. The molecule has 0 saturated heterocycles. The van der Waals surface area contributed by atoms with Gasteiger partial charge in [0.15, 0.2) is 5.69 Å². The van der Waals surface area contributed by atoms with Gasteiger partial charge in [-0.15, -0.1) is 0 Å². The van der Waals surface area contributed by atoms with Crippen LogP contribution in [-0.4, -0.2) is 35.5 Å². The molecule has 176 valence electrons. The fourth-order valence-corrected chi connectivity index (χ4v) is 3.70. The van der Waals surface area contributed by atoms with Crippen molar-refractivity contribution in [2.24, 2.45) is 0 Å². The number of amides is 1. The quantitative estimate of drug-likeness (QED) is 0.307. The first-order chi connectivity index (χ1) is 16.1. The summed E-state index contributed by atoms with van der Waals surface area (Å²) in [5.74, 6) is -0.879. The fraction of sp³-hybridized carbons (Fsp3) is 0.238. The van der Waals surface area contributed by atoms with Gasteiger partial charge in [-0.05, 0) is 43.4 Å². The second-order valence-electron chi connectivity index (χ2n) is 7.59. The molecule has 4 aromatic rings. The predicted octanol–water partition coefficient (Wildman–Crippen LogP) is 4.04. The van der Waals surface area contributed by atoms with Crippen LogP contribution in [0.25, 0.3) is 0 Å².